The summed E-state index contributed by atoms with van der Waals surface area (Å²) >= 11 is 5.43. The monoisotopic (exact) mass is 400 g/mol. The first kappa shape index (κ1) is 18.5. The molecule has 4 nitrogen and oxygen atoms in total. The van der Waals surface area contributed by atoms with Crippen molar-refractivity contribution in [2.45, 2.75) is 51.7 Å². The standard InChI is InChI=1S/C17H25BrN2O2S/c1-17(2,3)22-16(21)20-10-5-4-9-19-13-7-6-8-14-12(13)11-15(18)23-14/h4-5,11,13,19H,6-10H2,1-3H3,(H,20,21)/b5-4+. The van der Waals surface area contributed by atoms with Gasteiger partial charge in [-0.2, -0.15) is 0 Å². The summed E-state index contributed by atoms with van der Waals surface area (Å²) in [5, 5.41) is 6.29. The van der Waals surface area contributed by atoms with Crippen molar-refractivity contribution >= 4 is 33.4 Å². The summed E-state index contributed by atoms with van der Waals surface area (Å²) < 4.78 is 6.39. The highest BCUT2D eigenvalue weighted by Crippen LogP contribution is 2.37. The zero-order valence-corrected chi connectivity index (χ0v) is 16.4. The van der Waals surface area contributed by atoms with Crippen LogP contribution in [-0.4, -0.2) is 24.8 Å². The van der Waals surface area contributed by atoms with Gasteiger partial charge in [-0.1, -0.05) is 12.2 Å². The fourth-order valence-corrected chi connectivity index (χ4v) is 4.39. The van der Waals surface area contributed by atoms with Gasteiger partial charge in [0.25, 0.3) is 0 Å². The highest BCUT2D eigenvalue weighted by atomic mass is 79.9. The Balaban J connectivity index is 1.69. The molecule has 128 valence electrons. The summed E-state index contributed by atoms with van der Waals surface area (Å²) in [5.74, 6) is 0. The second kappa shape index (κ2) is 8.31. The third-order valence-corrected chi connectivity index (χ3v) is 5.21. The van der Waals surface area contributed by atoms with Crippen molar-refractivity contribution in [3.63, 3.8) is 0 Å². The number of aryl methyl sites for hydroxylation is 1. The molecule has 0 spiro atoms. The van der Waals surface area contributed by atoms with Crippen LogP contribution >= 0.6 is 27.3 Å². The van der Waals surface area contributed by atoms with Gasteiger partial charge in [-0.05, 0) is 67.6 Å². The molecule has 1 unspecified atom stereocenters. The van der Waals surface area contributed by atoms with Gasteiger partial charge in [-0.3, -0.25) is 0 Å². The first-order chi connectivity index (χ1) is 10.8. The van der Waals surface area contributed by atoms with Gasteiger partial charge in [-0.25, -0.2) is 4.79 Å². The molecule has 0 radical (unpaired) electrons. The summed E-state index contributed by atoms with van der Waals surface area (Å²) in [6.07, 6.45) is 7.23. The molecule has 1 atom stereocenters. The Morgan fingerprint density at radius 3 is 2.91 bits per heavy atom. The number of nitrogens with one attached hydrogen (secondary N) is 2. The lowest BCUT2D eigenvalue weighted by molar-refractivity contribution is 0.0534. The normalized spacial score (nSPS) is 18.0. The number of fused-ring (bicyclic) bond motifs is 1. The molecule has 0 aliphatic heterocycles. The van der Waals surface area contributed by atoms with E-state index < -0.39 is 5.60 Å². The maximum atomic E-state index is 11.5. The number of hydrogen-bond donors (Lipinski definition) is 2. The summed E-state index contributed by atoms with van der Waals surface area (Å²) in [4.78, 5) is 13.0. The molecule has 1 heterocycles. The Bertz CT molecular complexity index is 563. The molecule has 6 heteroatoms. The highest BCUT2D eigenvalue weighted by molar-refractivity contribution is 9.11. The fourth-order valence-electron chi connectivity index (χ4n) is 2.57. The lowest BCUT2D eigenvalue weighted by Gasteiger charge is -2.23. The van der Waals surface area contributed by atoms with Crippen LogP contribution in [0.3, 0.4) is 0 Å². The highest BCUT2D eigenvalue weighted by Gasteiger charge is 2.21. The van der Waals surface area contributed by atoms with Crippen molar-refractivity contribution in [3.05, 3.63) is 32.4 Å². The van der Waals surface area contributed by atoms with Crippen LogP contribution in [0.5, 0.6) is 0 Å². The zero-order chi connectivity index (χ0) is 16.9. The minimum absolute atomic E-state index is 0.379. The van der Waals surface area contributed by atoms with Crippen molar-refractivity contribution in [2.24, 2.45) is 0 Å². The second-order valence-corrected chi connectivity index (χ2v) is 9.15. The maximum absolute atomic E-state index is 11.5. The molecule has 1 amide bonds. The van der Waals surface area contributed by atoms with E-state index in [1.54, 1.807) is 0 Å². The molecule has 1 aliphatic rings. The third-order valence-electron chi connectivity index (χ3n) is 3.50. The minimum atomic E-state index is -0.456. The van der Waals surface area contributed by atoms with Crippen molar-refractivity contribution in [3.8, 4) is 0 Å². The molecule has 0 saturated carbocycles. The maximum Gasteiger partial charge on any atom is 0.407 e. The summed E-state index contributed by atoms with van der Waals surface area (Å²) in [6, 6.07) is 2.68. The Hall–Kier alpha value is -0.850. The molecule has 1 aliphatic carbocycles. The minimum Gasteiger partial charge on any atom is -0.444 e. The molecule has 2 N–H and O–H groups in total. The topological polar surface area (TPSA) is 50.4 Å². The van der Waals surface area contributed by atoms with Gasteiger partial charge in [0.2, 0.25) is 0 Å². The smallest absolute Gasteiger partial charge is 0.407 e. The van der Waals surface area contributed by atoms with Gasteiger partial charge >= 0.3 is 6.09 Å². The molecule has 0 fully saturated rings. The molecule has 0 bridgehead atoms. The number of carbonyl (C=O) groups excluding carboxylic acids is 1. The quantitative estimate of drug-likeness (QED) is 0.712. The number of carbonyl (C=O) groups is 1. The fraction of sp³-hybridized carbons (Fsp3) is 0.588. The van der Waals surface area contributed by atoms with Gasteiger partial charge in [0, 0.05) is 24.0 Å². The van der Waals surface area contributed by atoms with Crippen molar-refractivity contribution in [1.82, 2.24) is 10.6 Å². The van der Waals surface area contributed by atoms with Crippen LogP contribution in [0.4, 0.5) is 4.79 Å². The number of ether oxygens (including phenoxy) is 1. The number of halogens is 1. The van der Waals surface area contributed by atoms with Crippen molar-refractivity contribution < 1.29 is 9.53 Å². The van der Waals surface area contributed by atoms with Gasteiger partial charge in [-0.15, -0.1) is 11.3 Å². The predicted octanol–water partition coefficient (Wildman–Crippen LogP) is 4.56. The molecule has 0 aromatic carbocycles. The van der Waals surface area contributed by atoms with Crippen molar-refractivity contribution in [1.29, 1.82) is 0 Å². The lowest BCUT2D eigenvalue weighted by atomic mass is 9.94. The van der Waals surface area contributed by atoms with E-state index in [1.807, 2.05) is 44.3 Å². The lowest BCUT2D eigenvalue weighted by Crippen LogP contribution is -2.32. The van der Waals surface area contributed by atoms with Gasteiger partial charge in [0.05, 0.1) is 3.79 Å². The van der Waals surface area contributed by atoms with E-state index in [9.17, 15) is 4.79 Å². The van der Waals surface area contributed by atoms with Crippen LogP contribution in [0.1, 0.15) is 50.1 Å². The predicted molar refractivity (Wildman–Crippen MR) is 99.1 cm³/mol. The molecule has 23 heavy (non-hydrogen) atoms. The number of amides is 1. The molecule has 1 aromatic rings. The largest absolute Gasteiger partial charge is 0.444 e. The molecule has 0 saturated heterocycles. The second-order valence-electron chi connectivity index (χ2n) is 6.64. The molecule has 2 rings (SSSR count). The first-order valence-electron chi connectivity index (χ1n) is 7.98. The van der Waals surface area contributed by atoms with Crippen LogP contribution in [0.15, 0.2) is 22.0 Å². The number of hydrogen-bond acceptors (Lipinski definition) is 4. The van der Waals surface area contributed by atoms with Crippen LogP contribution < -0.4 is 10.6 Å². The molecular formula is C17H25BrN2O2S. The summed E-state index contributed by atoms with van der Waals surface area (Å²) in [7, 11) is 0. The Morgan fingerprint density at radius 1 is 1.43 bits per heavy atom. The van der Waals surface area contributed by atoms with Gasteiger partial charge < -0.3 is 15.4 Å². The van der Waals surface area contributed by atoms with Gasteiger partial charge in [0.1, 0.15) is 5.60 Å². The average molecular weight is 401 g/mol. The van der Waals surface area contributed by atoms with E-state index in [1.165, 1.54) is 33.5 Å². The Kier molecular flexibility index (Phi) is 6.68. The number of alkyl carbamates (subject to hydrolysis) is 1. The van der Waals surface area contributed by atoms with E-state index in [-0.39, 0.29) is 6.09 Å². The summed E-state index contributed by atoms with van der Waals surface area (Å²) in [5.41, 5.74) is 0.983. The molecular weight excluding hydrogens is 376 g/mol. The summed E-state index contributed by atoms with van der Waals surface area (Å²) in [6.45, 7) is 6.85. The van der Waals surface area contributed by atoms with E-state index in [2.05, 4.69) is 32.6 Å². The third kappa shape index (κ3) is 6.28. The van der Waals surface area contributed by atoms with Gasteiger partial charge in [0.15, 0.2) is 0 Å². The van der Waals surface area contributed by atoms with E-state index in [0.29, 0.717) is 12.6 Å². The van der Waals surface area contributed by atoms with Crippen LogP contribution in [0, 0.1) is 0 Å². The van der Waals surface area contributed by atoms with E-state index in [0.717, 1.165) is 6.54 Å². The van der Waals surface area contributed by atoms with E-state index >= 15 is 0 Å². The average Bonchev–Trinajstić information content (AvgIpc) is 2.81. The van der Waals surface area contributed by atoms with E-state index in [4.69, 9.17) is 4.74 Å². The number of rotatable bonds is 5. The van der Waals surface area contributed by atoms with Crippen molar-refractivity contribution in [2.75, 3.05) is 13.1 Å². The van der Waals surface area contributed by atoms with Crippen LogP contribution in [0.2, 0.25) is 0 Å². The zero-order valence-electron chi connectivity index (χ0n) is 13.9. The van der Waals surface area contributed by atoms with Crippen LogP contribution in [-0.2, 0) is 11.2 Å². The first-order valence-corrected chi connectivity index (χ1v) is 9.59. The number of thiophene rings is 1. The SMILES string of the molecule is CC(C)(C)OC(=O)NC/C=C/CNC1CCCc2sc(Br)cc21. The Labute approximate surface area is 150 Å². The van der Waals surface area contributed by atoms with Crippen LogP contribution in [0.25, 0.3) is 0 Å². The molecule has 1 aromatic heterocycles. The Morgan fingerprint density at radius 2 is 2.17 bits per heavy atom.